The second-order valence-electron chi connectivity index (χ2n) is 7.48. The van der Waals surface area contributed by atoms with Crippen molar-refractivity contribution in [1.29, 1.82) is 0 Å². The number of Topliss-reactive ketones (excluding diaryl/α,β-unsaturated/α-hetero) is 1. The molecule has 0 N–H and O–H groups in total. The maximum Gasteiger partial charge on any atom is 0.193 e. The first-order valence-electron chi connectivity index (χ1n) is 9.84. The van der Waals surface area contributed by atoms with Crippen LogP contribution in [0.1, 0.15) is 43.6 Å². The van der Waals surface area contributed by atoms with Crippen molar-refractivity contribution >= 4 is 5.78 Å². The fourth-order valence-electron chi connectivity index (χ4n) is 4.69. The number of benzene rings is 1. The van der Waals surface area contributed by atoms with Gasteiger partial charge in [-0.15, -0.1) is 0 Å². The number of carbonyl (C=O) groups is 1. The lowest BCUT2D eigenvalue weighted by Crippen LogP contribution is -2.39. The zero-order chi connectivity index (χ0) is 20.5. The lowest BCUT2D eigenvalue weighted by molar-refractivity contribution is 0.103. The van der Waals surface area contributed by atoms with Crippen LogP contribution in [0.25, 0.3) is 0 Å². The number of fused-ring (bicyclic) bond motifs is 2. The van der Waals surface area contributed by atoms with Crippen molar-refractivity contribution < 1.29 is 4.79 Å². The van der Waals surface area contributed by atoms with Gasteiger partial charge in [0.1, 0.15) is 0 Å². The smallest absolute Gasteiger partial charge is 0.193 e. The minimum absolute atomic E-state index is 0.0410. The molecule has 1 aromatic rings. The Hall–Kier alpha value is -2.93. The van der Waals surface area contributed by atoms with Crippen LogP contribution in [0.15, 0.2) is 108 Å². The zero-order valence-corrected chi connectivity index (χ0v) is 17.3. The van der Waals surface area contributed by atoms with Crippen LogP contribution in [-0.4, -0.2) is 5.78 Å². The molecule has 0 saturated carbocycles. The van der Waals surface area contributed by atoms with Crippen LogP contribution < -0.4 is 0 Å². The third kappa shape index (κ3) is 2.57. The summed E-state index contributed by atoms with van der Waals surface area (Å²) in [5.74, 6) is 0.338. The maximum atomic E-state index is 13.3. The lowest BCUT2D eigenvalue weighted by atomic mass is 9.58. The van der Waals surface area contributed by atoms with Crippen LogP contribution >= 0.6 is 0 Å². The normalized spacial score (nSPS) is 22.0. The second kappa shape index (κ2) is 7.59. The molecular formula is C27H28O. The highest BCUT2D eigenvalue weighted by Crippen LogP contribution is 2.58. The van der Waals surface area contributed by atoms with Crippen molar-refractivity contribution in [3.05, 3.63) is 119 Å². The predicted octanol–water partition coefficient (Wildman–Crippen LogP) is 6.83. The second-order valence-corrected chi connectivity index (χ2v) is 7.48. The summed E-state index contributed by atoms with van der Waals surface area (Å²) in [6.07, 6.45) is 14.2. The molecule has 28 heavy (non-hydrogen) atoms. The molecule has 0 fully saturated rings. The molecule has 1 atom stereocenters. The average molecular weight is 369 g/mol. The minimum atomic E-state index is -0.509. The van der Waals surface area contributed by atoms with Gasteiger partial charge < -0.3 is 0 Å². The molecule has 0 aliphatic heterocycles. The van der Waals surface area contributed by atoms with Gasteiger partial charge in [0.2, 0.25) is 0 Å². The van der Waals surface area contributed by atoms with Gasteiger partial charge in [-0.1, -0.05) is 93.8 Å². The first-order valence-corrected chi connectivity index (χ1v) is 9.84. The van der Waals surface area contributed by atoms with Crippen LogP contribution in [0.4, 0.5) is 0 Å². The van der Waals surface area contributed by atoms with E-state index in [4.69, 9.17) is 0 Å². The molecule has 1 aromatic carbocycles. The maximum absolute atomic E-state index is 13.3. The van der Waals surface area contributed by atoms with E-state index in [0.29, 0.717) is 11.5 Å². The molecule has 0 bridgehead atoms. The Balaban J connectivity index is 2.61. The van der Waals surface area contributed by atoms with Gasteiger partial charge >= 0.3 is 0 Å². The van der Waals surface area contributed by atoms with Gasteiger partial charge in [0.25, 0.3) is 0 Å². The summed E-state index contributed by atoms with van der Waals surface area (Å²) in [4.78, 5) is 13.3. The standard InChI is InChI=1S/C27H28O/c1-7-13-22-19(9-3)17-25(18(5)6)27(22)23(14-8-2)20(10-4)26(28)21-15-11-12-16-24(21)27/h7-18H,3-4H2,1-2,5-6H3/b13-7-,14-8-. The summed E-state index contributed by atoms with van der Waals surface area (Å²) < 4.78 is 0. The van der Waals surface area contributed by atoms with Gasteiger partial charge in [0.05, 0.1) is 5.41 Å². The third-order valence-electron chi connectivity index (χ3n) is 5.69. The van der Waals surface area contributed by atoms with E-state index in [1.165, 1.54) is 11.1 Å². The van der Waals surface area contributed by atoms with Gasteiger partial charge in [-0.25, -0.2) is 0 Å². The Labute approximate surface area is 168 Å². The van der Waals surface area contributed by atoms with Crippen molar-refractivity contribution in [1.82, 2.24) is 0 Å². The van der Waals surface area contributed by atoms with Gasteiger partial charge in [-0.05, 0) is 47.6 Å². The molecule has 2 aliphatic carbocycles. The molecule has 3 rings (SSSR count). The lowest BCUT2D eigenvalue weighted by Gasteiger charge is -2.43. The molecule has 142 valence electrons. The van der Waals surface area contributed by atoms with Crippen molar-refractivity contribution in [3.63, 3.8) is 0 Å². The first kappa shape index (κ1) is 19.8. The van der Waals surface area contributed by atoms with Crippen LogP contribution in [-0.2, 0) is 5.41 Å². The van der Waals surface area contributed by atoms with E-state index < -0.39 is 5.41 Å². The number of rotatable bonds is 5. The number of hydrogen-bond acceptors (Lipinski definition) is 1. The topological polar surface area (TPSA) is 17.1 Å². The van der Waals surface area contributed by atoms with Crippen LogP contribution in [0.5, 0.6) is 0 Å². The SMILES string of the molecule is C=CC1=C(/C=C\C)C2(C(C(C)C)=C1)C(/C=C\C)=C(C=C)C(=O)c1ccccc12. The van der Waals surface area contributed by atoms with Gasteiger partial charge in [-0.2, -0.15) is 0 Å². The van der Waals surface area contributed by atoms with E-state index in [2.05, 4.69) is 57.4 Å². The molecule has 0 saturated heterocycles. The Morgan fingerprint density at radius 2 is 1.61 bits per heavy atom. The monoisotopic (exact) mass is 368 g/mol. The van der Waals surface area contributed by atoms with Gasteiger partial charge in [0, 0.05) is 11.1 Å². The Morgan fingerprint density at radius 3 is 2.18 bits per heavy atom. The molecule has 0 amide bonds. The molecule has 0 heterocycles. The third-order valence-corrected chi connectivity index (χ3v) is 5.69. The number of carbonyl (C=O) groups excluding carboxylic acids is 1. The van der Waals surface area contributed by atoms with E-state index in [-0.39, 0.29) is 5.78 Å². The summed E-state index contributed by atoms with van der Waals surface area (Å²) in [5.41, 5.74) is 6.52. The minimum Gasteiger partial charge on any atom is -0.289 e. The molecule has 1 nitrogen and oxygen atoms in total. The average Bonchev–Trinajstić information content (AvgIpc) is 3.02. The Bertz CT molecular complexity index is 1000. The zero-order valence-electron chi connectivity index (χ0n) is 17.3. The molecule has 1 spiro atoms. The van der Waals surface area contributed by atoms with Crippen LogP contribution in [0.2, 0.25) is 0 Å². The Morgan fingerprint density at radius 1 is 0.964 bits per heavy atom. The Kier molecular flexibility index (Phi) is 5.38. The highest BCUT2D eigenvalue weighted by atomic mass is 16.1. The van der Waals surface area contributed by atoms with Gasteiger partial charge in [0.15, 0.2) is 5.78 Å². The summed E-state index contributed by atoms with van der Waals surface area (Å²) in [7, 11) is 0. The number of ketones is 1. The van der Waals surface area contributed by atoms with Crippen molar-refractivity contribution in [2.24, 2.45) is 5.92 Å². The number of hydrogen-bond donors (Lipinski definition) is 0. The molecular weight excluding hydrogens is 340 g/mol. The van der Waals surface area contributed by atoms with Crippen molar-refractivity contribution in [2.75, 3.05) is 0 Å². The molecule has 0 radical (unpaired) electrons. The molecule has 0 aromatic heterocycles. The summed E-state index contributed by atoms with van der Waals surface area (Å²) in [6, 6.07) is 8.00. The largest absolute Gasteiger partial charge is 0.289 e. The van der Waals surface area contributed by atoms with Crippen molar-refractivity contribution in [3.8, 4) is 0 Å². The fraction of sp³-hybridized carbons (Fsp3) is 0.222. The quantitative estimate of drug-likeness (QED) is 0.556. The van der Waals surface area contributed by atoms with Crippen molar-refractivity contribution in [2.45, 2.75) is 33.1 Å². The van der Waals surface area contributed by atoms with Gasteiger partial charge in [-0.3, -0.25) is 4.79 Å². The fourth-order valence-corrected chi connectivity index (χ4v) is 4.69. The van der Waals surface area contributed by atoms with E-state index in [9.17, 15) is 4.79 Å². The van der Waals surface area contributed by atoms with Crippen LogP contribution in [0, 0.1) is 5.92 Å². The predicted molar refractivity (Wildman–Crippen MR) is 119 cm³/mol. The number of allylic oxidation sites excluding steroid dienone is 12. The summed E-state index contributed by atoms with van der Waals surface area (Å²) in [6.45, 7) is 16.5. The van der Waals surface area contributed by atoms with E-state index in [1.807, 2.05) is 44.2 Å². The highest BCUT2D eigenvalue weighted by Gasteiger charge is 2.51. The highest BCUT2D eigenvalue weighted by molar-refractivity contribution is 6.15. The summed E-state index contributed by atoms with van der Waals surface area (Å²) >= 11 is 0. The summed E-state index contributed by atoms with van der Waals surface area (Å²) in [5, 5.41) is 0. The van der Waals surface area contributed by atoms with E-state index in [1.54, 1.807) is 6.08 Å². The van der Waals surface area contributed by atoms with Crippen LogP contribution in [0.3, 0.4) is 0 Å². The molecule has 1 heteroatoms. The van der Waals surface area contributed by atoms with E-state index in [0.717, 1.165) is 22.3 Å². The first-order chi connectivity index (χ1) is 13.5. The molecule has 2 aliphatic rings. The molecule has 1 unspecified atom stereocenters. The van der Waals surface area contributed by atoms with E-state index >= 15 is 0 Å².